The number of benzene rings is 2. The minimum Gasteiger partial charge on any atom is -0.485 e. The Hall–Kier alpha value is -4.25. The van der Waals surface area contributed by atoms with Crippen molar-refractivity contribution in [2.45, 2.75) is 26.5 Å². The Labute approximate surface area is 191 Å². The van der Waals surface area contributed by atoms with Gasteiger partial charge in [-0.1, -0.05) is 42.5 Å². The molecule has 0 radical (unpaired) electrons. The first-order chi connectivity index (χ1) is 16.0. The van der Waals surface area contributed by atoms with Crippen molar-refractivity contribution < 1.29 is 23.8 Å². The van der Waals surface area contributed by atoms with Gasteiger partial charge in [0.2, 0.25) is 6.10 Å². The minimum absolute atomic E-state index is 0.00559. The molecule has 2 heterocycles. The van der Waals surface area contributed by atoms with Gasteiger partial charge in [0.05, 0.1) is 5.56 Å². The lowest BCUT2D eigenvalue weighted by Gasteiger charge is -2.24. The van der Waals surface area contributed by atoms with Crippen molar-refractivity contribution in [1.29, 1.82) is 5.26 Å². The molecule has 33 heavy (non-hydrogen) atoms. The van der Waals surface area contributed by atoms with E-state index in [2.05, 4.69) is 11.4 Å². The Morgan fingerprint density at radius 3 is 2.55 bits per heavy atom. The normalized spacial score (nSPS) is 14.3. The second-order valence-corrected chi connectivity index (χ2v) is 7.64. The number of esters is 1. The van der Waals surface area contributed by atoms with Crippen molar-refractivity contribution in [3.05, 3.63) is 77.0 Å². The number of rotatable bonds is 6. The zero-order valence-corrected chi connectivity index (χ0v) is 18.3. The first kappa shape index (κ1) is 22.0. The highest BCUT2D eigenvalue weighted by atomic mass is 16.6. The van der Waals surface area contributed by atoms with Crippen LogP contribution in [0.2, 0.25) is 0 Å². The Bertz CT molecular complexity index is 1230. The summed E-state index contributed by atoms with van der Waals surface area (Å²) in [4.78, 5) is 25.0. The van der Waals surface area contributed by atoms with Crippen molar-refractivity contribution in [3.8, 4) is 17.6 Å². The molecule has 4 rings (SSSR count). The largest absolute Gasteiger partial charge is 0.485 e. The summed E-state index contributed by atoms with van der Waals surface area (Å²) in [6, 6.07) is 18.9. The van der Waals surface area contributed by atoms with E-state index in [1.54, 1.807) is 24.3 Å². The van der Waals surface area contributed by atoms with Crippen LogP contribution in [0, 0.1) is 25.2 Å². The van der Waals surface area contributed by atoms with Crippen LogP contribution in [0.5, 0.6) is 11.5 Å². The van der Waals surface area contributed by atoms with Crippen LogP contribution in [0.1, 0.15) is 22.4 Å². The molecular weight excluding hydrogens is 422 g/mol. The van der Waals surface area contributed by atoms with E-state index in [0.29, 0.717) is 29.4 Å². The van der Waals surface area contributed by atoms with Crippen LogP contribution < -0.4 is 14.8 Å². The maximum Gasteiger partial charge on any atom is 0.351 e. The highest BCUT2D eigenvalue weighted by Gasteiger charge is 2.29. The fraction of sp³-hybridized carbons (Fsp3) is 0.240. The molecule has 0 bridgehead atoms. The van der Waals surface area contributed by atoms with Gasteiger partial charge in [0.25, 0.3) is 5.91 Å². The highest BCUT2D eigenvalue weighted by molar-refractivity contribution is 5.94. The number of carbonyl (C=O) groups is 2. The van der Waals surface area contributed by atoms with E-state index in [9.17, 15) is 14.9 Å². The van der Waals surface area contributed by atoms with E-state index in [0.717, 1.165) is 16.8 Å². The van der Waals surface area contributed by atoms with Crippen molar-refractivity contribution in [1.82, 2.24) is 4.57 Å². The lowest BCUT2D eigenvalue weighted by molar-refractivity contribution is -0.156. The number of nitrogens with zero attached hydrogens (tertiary/aromatic N) is 2. The summed E-state index contributed by atoms with van der Waals surface area (Å²) in [6.07, 6.45) is -0.964. The highest BCUT2D eigenvalue weighted by Crippen LogP contribution is 2.31. The molecule has 8 heteroatoms. The number of ether oxygens (including phenoxy) is 3. The Kier molecular flexibility index (Phi) is 6.31. The Morgan fingerprint density at radius 1 is 1.12 bits per heavy atom. The molecule has 1 aliphatic heterocycles. The van der Waals surface area contributed by atoms with E-state index in [1.807, 2.05) is 48.7 Å². The molecule has 0 saturated carbocycles. The van der Waals surface area contributed by atoms with Crippen molar-refractivity contribution >= 4 is 17.7 Å². The molecule has 1 atom stereocenters. The third-order valence-corrected chi connectivity index (χ3v) is 5.50. The number of nitriles is 1. The van der Waals surface area contributed by atoms with E-state index < -0.39 is 24.6 Å². The molecule has 1 amide bonds. The molecule has 0 saturated heterocycles. The smallest absolute Gasteiger partial charge is 0.351 e. The molecule has 2 aromatic carbocycles. The number of fused-ring (bicyclic) bond motifs is 1. The first-order valence-corrected chi connectivity index (χ1v) is 10.5. The lowest BCUT2D eigenvalue weighted by atomic mass is 10.2. The molecule has 0 aliphatic carbocycles. The number of amides is 1. The zero-order valence-electron chi connectivity index (χ0n) is 18.3. The van der Waals surface area contributed by atoms with Gasteiger partial charge in [-0.05, 0) is 37.1 Å². The minimum atomic E-state index is -0.964. The van der Waals surface area contributed by atoms with Gasteiger partial charge in [0.1, 0.15) is 18.5 Å². The van der Waals surface area contributed by atoms with E-state index in [4.69, 9.17) is 14.2 Å². The zero-order chi connectivity index (χ0) is 23.4. The Morgan fingerprint density at radius 2 is 1.82 bits per heavy atom. The molecule has 168 valence electrons. The number of hydrogen-bond donors (Lipinski definition) is 1. The van der Waals surface area contributed by atoms with Crippen LogP contribution in [0.4, 0.5) is 5.82 Å². The maximum absolute atomic E-state index is 12.6. The van der Waals surface area contributed by atoms with Crippen LogP contribution in [0.3, 0.4) is 0 Å². The molecular formula is C25H23N3O5. The number of carbonyl (C=O) groups excluding carboxylic acids is 2. The average molecular weight is 445 g/mol. The first-order valence-electron chi connectivity index (χ1n) is 10.5. The number of aromatic nitrogens is 1. The molecule has 0 spiro atoms. The second-order valence-electron chi connectivity index (χ2n) is 7.64. The average Bonchev–Trinajstić information content (AvgIpc) is 3.06. The third-order valence-electron chi connectivity index (χ3n) is 5.50. The number of anilines is 1. The second kappa shape index (κ2) is 9.49. The Balaban J connectivity index is 1.43. The predicted molar refractivity (Wildman–Crippen MR) is 120 cm³/mol. The van der Waals surface area contributed by atoms with Crippen LogP contribution >= 0.6 is 0 Å². The fourth-order valence-corrected chi connectivity index (χ4v) is 3.63. The van der Waals surface area contributed by atoms with Gasteiger partial charge >= 0.3 is 5.97 Å². The van der Waals surface area contributed by atoms with Crippen LogP contribution in [-0.2, 0) is 20.9 Å². The standard InChI is InChI=1S/C25H23N3O5/c1-16-17(2)28(13-18-8-4-3-5-9-18)24(19(16)12-26)27-23(29)15-32-25(30)22-14-31-20-10-6-7-11-21(20)33-22/h3-11,22H,13-15H2,1-2H3,(H,27,29). The van der Waals surface area contributed by atoms with Gasteiger partial charge < -0.3 is 24.1 Å². The van der Waals surface area contributed by atoms with E-state index in [-0.39, 0.29) is 6.61 Å². The molecule has 0 fully saturated rings. The van der Waals surface area contributed by atoms with Gasteiger partial charge in [-0.15, -0.1) is 0 Å². The molecule has 8 nitrogen and oxygen atoms in total. The summed E-state index contributed by atoms with van der Waals surface area (Å²) in [5, 5.41) is 12.4. The molecule has 3 aromatic rings. The quantitative estimate of drug-likeness (QED) is 0.584. The molecule has 1 aromatic heterocycles. The van der Waals surface area contributed by atoms with Crippen LogP contribution in [0.15, 0.2) is 54.6 Å². The number of hydrogen-bond acceptors (Lipinski definition) is 6. The molecule has 1 unspecified atom stereocenters. The summed E-state index contributed by atoms with van der Waals surface area (Å²) in [6.45, 7) is 3.70. The maximum atomic E-state index is 12.6. The van der Waals surface area contributed by atoms with Gasteiger partial charge in [0, 0.05) is 12.2 Å². The monoisotopic (exact) mass is 445 g/mol. The summed E-state index contributed by atoms with van der Waals surface area (Å²) < 4.78 is 18.1. The van der Waals surface area contributed by atoms with Gasteiger partial charge in [-0.2, -0.15) is 5.26 Å². The van der Waals surface area contributed by atoms with Gasteiger partial charge in [-0.25, -0.2) is 4.79 Å². The number of para-hydroxylation sites is 2. The van der Waals surface area contributed by atoms with Crippen molar-refractivity contribution in [3.63, 3.8) is 0 Å². The lowest BCUT2D eigenvalue weighted by Crippen LogP contribution is -2.39. The molecule has 1 N–H and O–H groups in total. The summed E-state index contributed by atoms with van der Waals surface area (Å²) in [5.41, 5.74) is 3.06. The van der Waals surface area contributed by atoms with E-state index >= 15 is 0 Å². The topological polar surface area (TPSA) is 103 Å². The SMILES string of the molecule is Cc1c(C#N)c(NC(=O)COC(=O)C2COc3ccccc3O2)n(Cc2ccccc2)c1C. The molecule has 1 aliphatic rings. The fourth-order valence-electron chi connectivity index (χ4n) is 3.63. The van der Waals surface area contributed by atoms with Crippen molar-refractivity contribution in [2.24, 2.45) is 0 Å². The summed E-state index contributed by atoms with van der Waals surface area (Å²) >= 11 is 0. The van der Waals surface area contributed by atoms with Crippen LogP contribution in [-0.4, -0.2) is 35.8 Å². The van der Waals surface area contributed by atoms with Crippen LogP contribution in [0.25, 0.3) is 0 Å². The van der Waals surface area contributed by atoms with Gasteiger partial charge in [0.15, 0.2) is 18.1 Å². The predicted octanol–water partition coefficient (Wildman–Crippen LogP) is 3.35. The summed E-state index contributed by atoms with van der Waals surface area (Å²) in [7, 11) is 0. The van der Waals surface area contributed by atoms with Gasteiger partial charge in [-0.3, -0.25) is 4.79 Å². The summed E-state index contributed by atoms with van der Waals surface area (Å²) in [5.74, 6) is 0.117. The van der Waals surface area contributed by atoms with Crippen molar-refractivity contribution in [2.75, 3.05) is 18.5 Å². The number of nitrogens with one attached hydrogen (secondary N) is 1. The third kappa shape index (κ3) is 4.67. The van der Waals surface area contributed by atoms with E-state index in [1.165, 1.54) is 0 Å².